The molecule has 6 nitrogen and oxygen atoms in total. The van der Waals surface area contributed by atoms with Gasteiger partial charge in [0, 0.05) is 38.2 Å². The molecule has 0 radical (unpaired) electrons. The lowest BCUT2D eigenvalue weighted by molar-refractivity contribution is 0.655. The molecule has 4 heterocycles. The molecule has 6 aromatic carbocycles. The molecular formula is C42H25N5O. The van der Waals surface area contributed by atoms with Crippen LogP contribution < -0.4 is 0 Å². The molecule has 10 aromatic rings. The summed E-state index contributed by atoms with van der Waals surface area (Å²) in [5.74, 6) is 1.19. The molecule has 0 atom stereocenters. The zero-order valence-electron chi connectivity index (χ0n) is 25.6. The van der Waals surface area contributed by atoms with E-state index in [1.165, 1.54) is 0 Å². The highest BCUT2D eigenvalue weighted by Gasteiger charge is 2.24. The number of para-hydroxylation sites is 2. The van der Waals surface area contributed by atoms with Crippen LogP contribution >= 0.6 is 0 Å². The summed E-state index contributed by atoms with van der Waals surface area (Å²) in [6.07, 6.45) is 0. The van der Waals surface area contributed by atoms with Crippen molar-refractivity contribution in [3.63, 3.8) is 0 Å². The van der Waals surface area contributed by atoms with Crippen molar-refractivity contribution < 1.29 is 4.42 Å². The van der Waals surface area contributed by atoms with Crippen LogP contribution in [0, 0.1) is 0 Å². The van der Waals surface area contributed by atoms with Crippen molar-refractivity contribution in [3.8, 4) is 39.9 Å². The Hall–Kier alpha value is -6.66. The van der Waals surface area contributed by atoms with Crippen molar-refractivity contribution in [1.82, 2.24) is 24.5 Å². The lowest BCUT2D eigenvalue weighted by Gasteiger charge is -2.11. The summed E-state index contributed by atoms with van der Waals surface area (Å²) < 4.78 is 9.00. The monoisotopic (exact) mass is 615 g/mol. The first-order valence-corrected chi connectivity index (χ1v) is 15.9. The molecule has 0 aliphatic rings. The average molecular weight is 616 g/mol. The summed E-state index contributed by atoms with van der Waals surface area (Å²) in [6, 6.07) is 51.4. The highest BCUT2D eigenvalue weighted by atomic mass is 16.3. The molecule has 0 fully saturated rings. The summed E-state index contributed by atoms with van der Waals surface area (Å²) in [6.45, 7) is 0. The maximum Gasteiger partial charge on any atom is 0.235 e. The first kappa shape index (κ1) is 26.5. The Morgan fingerprint density at radius 1 is 0.438 bits per heavy atom. The summed E-state index contributed by atoms with van der Waals surface area (Å²) in [5.41, 5.74) is 8.66. The molecule has 0 spiro atoms. The number of hydrogen-bond acceptors (Lipinski definition) is 5. The minimum atomic E-state index is 0.534. The highest BCUT2D eigenvalue weighted by Crippen LogP contribution is 2.42. The Labute approximate surface area is 274 Å². The van der Waals surface area contributed by atoms with Crippen LogP contribution in [0.25, 0.3) is 94.6 Å². The van der Waals surface area contributed by atoms with Gasteiger partial charge in [-0.3, -0.25) is 4.57 Å². The van der Waals surface area contributed by atoms with Crippen molar-refractivity contribution in [2.45, 2.75) is 0 Å². The smallest absolute Gasteiger partial charge is 0.235 e. The number of furan rings is 1. The van der Waals surface area contributed by atoms with Crippen LogP contribution in [0.5, 0.6) is 0 Å². The number of hydrogen-bond donors (Lipinski definition) is 0. The molecule has 6 heteroatoms. The fraction of sp³-hybridized carbons (Fsp3) is 0. The van der Waals surface area contributed by atoms with Crippen LogP contribution in [-0.2, 0) is 0 Å². The Kier molecular flexibility index (Phi) is 5.77. The first-order valence-electron chi connectivity index (χ1n) is 15.9. The van der Waals surface area contributed by atoms with Gasteiger partial charge in [-0.2, -0.15) is 4.98 Å². The molecule has 0 bridgehead atoms. The third kappa shape index (κ3) is 3.99. The second-order valence-corrected chi connectivity index (χ2v) is 11.9. The maximum absolute atomic E-state index is 6.86. The number of benzene rings is 6. The largest absolute Gasteiger partial charge is 0.435 e. The van der Waals surface area contributed by atoms with Crippen molar-refractivity contribution in [2.75, 3.05) is 0 Å². The van der Waals surface area contributed by atoms with Crippen molar-refractivity contribution in [2.24, 2.45) is 0 Å². The van der Waals surface area contributed by atoms with Gasteiger partial charge in [-0.25, -0.2) is 15.0 Å². The van der Waals surface area contributed by atoms with Gasteiger partial charge in [-0.05, 0) is 18.2 Å². The van der Waals surface area contributed by atoms with E-state index in [1.807, 2.05) is 84.9 Å². The molecule has 0 unspecified atom stereocenters. The van der Waals surface area contributed by atoms with E-state index in [2.05, 4.69) is 71.3 Å². The van der Waals surface area contributed by atoms with Crippen LogP contribution in [0.3, 0.4) is 0 Å². The molecule has 4 aromatic heterocycles. The number of aromatic nitrogens is 5. The molecule has 0 amide bonds. The van der Waals surface area contributed by atoms with Crippen molar-refractivity contribution in [1.29, 1.82) is 0 Å². The molecule has 224 valence electrons. The van der Waals surface area contributed by atoms with Gasteiger partial charge >= 0.3 is 0 Å². The summed E-state index contributed by atoms with van der Waals surface area (Å²) >= 11 is 0. The van der Waals surface area contributed by atoms with Gasteiger partial charge in [0.2, 0.25) is 11.7 Å². The summed E-state index contributed by atoms with van der Waals surface area (Å²) in [4.78, 5) is 20.6. The van der Waals surface area contributed by atoms with E-state index in [9.17, 15) is 0 Å². The first-order chi connectivity index (χ1) is 23.8. The zero-order chi connectivity index (χ0) is 31.6. The molecule has 0 saturated heterocycles. The number of rotatable bonds is 4. The lowest BCUT2D eigenvalue weighted by Crippen LogP contribution is -2.03. The van der Waals surface area contributed by atoms with Crippen LogP contribution in [0.2, 0.25) is 0 Å². The van der Waals surface area contributed by atoms with Gasteiger partial charge in [-0.1, -0.05) is 133 Å². The SMILES string of the molecule is c1ccc(-c2nc(-c3ccccc3)c3c(n2)oc2c3ccc3c4ccccc4n(-c4nc(-c5ccccc5)c5ccccc5n4)c32)cc1. The van der Waals surface area contributed by atoms with Crippen LogP contribution in [-0.4, -0.2) is 24.5 Å². The molecule has 0 N–H and O–H groups in total. The molecule has 48 heavy (non-hydrogen) atoms. The summed E-state index contributed by atoms with van der Waals surface area (Å²) in [5, 5.41) is 4.95. The minimum Gasteiger partial charge on any atom is -0.435 e. The second kappa shape index (κ2) is 10.4. The van der Waals surface area contributed by atoms with Crippen LogP contribution in [0.4, 0.5) is 0 Å². The lowest BCUT2D eigenvalue weighted by atomic mass is 10.0. The standard InChI is InChI=1S/C42H25N5O/c1-4-14-26(15-5-1)36-31-21-10-12-22-33(31)43-42(45-36)47-34-23-13-11-20-29(34)30-24-25-32-35-37(27-16-6-2-7-17-27)44-40(28-18-8-3-9-19-28)46-41(35)48-39(32)38(30)47/h1-25H. The number of nitrogens with zero attached hydrogens (tertiary/aromatic N) is 5. The van der Waals surface area contributed by atoms with Crippen LogP contribution in [0.15, 0.2) is 156 Å². The van der Waals surface area contributed by atoms with E-state index in [-0.39, 0.29) is 0 Å². The minimum absolute atomic E-state index is 0.534. The fourth-order valence-electron chi connectivity index (χ4n) is 6.89. The third-order valence-corrected chi connectivity index (χ3v) is 9.05. The van der Waals surface area contributed by atoms with Gasteiger partial charge in [0.25, 0.3) is 0 Å². The predicted octanol–water partition coefficient (Wildman–Crippen LogP) is 10.4. The quantitative estimate of drug-likeness (QED) is 0.197. The average Bonchev–Trinajstić information content (AvgIpc) is 3.71. The second-order valence-electron chi connectivity index (χ2n) is 11.9. The van der Waals surface area contributed by atoms with E-state index >= 15 is 0 Å². The normalized spacial score (nSPS) is 11.8. The molecular weight excluding hydrogens is 590 g/mol. The Balaban J connectivity index is 1.35. The summed E-state index contributed by atoms with van der Waals surface area (Å²) in [7, 11) is 0. The molecule has 10 rings (SSSR count). The van der Waals surface area contributed by atoms with E-state index in [1.54, 1.807) is 0 Å². The van der Waals surface area contributed by atoms with E-state index < -0.39 is 0 Å². The zero-order valence-corrected chi connectivity index (χ0v) is 25.6. The number of fused-ring (bicyclic) bond motifs is 8. The third-order valence-electron chi connectivity index (χ3n) is 9.05. The van der Waals surface area contributed by atoms with Crippen LogP contribution in [0.1, 0.15) is 0 Å². The van der Waals surface area contributed by atoms with Gasteiger partial charge in [0.1, 0.15) is 5.52 Å². The highest BCUT2D eigenvalue weighted by molar-refractivity contribution is 6.23. The molecule has 0 aliphatic heterocycles. The maximum atomic E-state index is 6.86. The van der Waals surface area contributed by atoms with Gasteiger partial charge in [0.05, 0.1) is 27.8 Å². The Bertz CT molecular complexity index is 2820. The Morgan fingerprint density at radius 3 is 1.79 bits per heavy atom. The fourth-order valence-corrected chi connectivity index (χ4v) is 6.89. The van der Waals surface area contributed by atoms with Gasteiger partial charge in [-0.15, -0.1) is 0 Å². The van der Waals surface area contributed by atoms with E-state index in [0.717, 1.165) is 71.6 Å². The van der Waals surface area contributed by atoms with Gasteiger partial charge < -0.3 is 4.42 Å². The predicted molar refractivity (Wildman–Crippen MR) is 193 cm³/mol. The molecule has 0 aliphatic carbocycles. The Morgan fingerprint density at radius 2 is 1.04 bits per heavy atom. The van der Waals surface area contributed by atoms with Gasteiger partial charge in [0.15, 0.2) is 11.4 Å². The topological polar surface area (TPSA) is 69.6 Å². The van der Waals surface area contributed by atoms with Crippen molar-refractivity contribution in [3.05, 3.63) is 152 Å². The van der Waals surface area contributed by atoms with E-state index in [4.69, 9.17) is 24.4 Å². The van der Waals surface area contributed by atoms with Crippen molar-refractivity contribution >= 4 is 54.8 Å². The van der Waals surface area contributed by atoms with E-state index in [0.29, 0.717) is 23.1 Å². The molecule has 0 saturated carbocycles.